The number of methoxy groups -OCH3 is 1. The molecular formula is C20H23ClN2O5S. The van der Waals surface area contributed by atoms with Crippen LogP contribution in [0.25, 0.3) is 0 Å². The first-order chi connectivity index (χ1) is 13.6. The van der Waals surface area contributed by atoms with Crippen LogP contribution in [0.5, 0.6) is 0 Å². The number of benzene rings is 2. The second kappa shape index (κ2) is 9.28. The lowest BCUT2D eigenvalue weighted by atomic mass is 10.1. The van der Waals surface area contributed by atoms with Crippen molar-refractivity contribution in [2.75, 3.05) is 23.0 Å². The van der Waals surface area contributed by atoms with Crippen molar-refractivity contribution < 1.29 is 22.7 Å². The van der Waals surface area contributed by atoms with E-state index in [0.29, 0.717) is 5.69 Å². The molecule has 0 aliphatic rings. The lowest BCUT2D eigenvalue weighted by molar-refractivity contribution is -0.117. The summed E-state index contributed by atoms with van der Waals surface area (Å²) < 4.78 is 30.8. The molecule has 2 aromatic rings. The lowest BCUT2D eigenvalue weighted by Crippen LogP contribution is -2.47. The molecule has 0 saturated heterocycles. The summed E-state index contributed by atoms with van der Waals surface area (Å²) in [4.78, 5) is 24.7. The van der Waals surface area contributed by atoms with E-state index in [1.54, 1.807) is 25.1 Å². The van der Waals surface area contributed by atoms with Crippen molar-refractivity contribution in [3.8, 4) is 0 Å². The first-order valence-electron chi connectivity index (χ1n) is 8.83. The molecule has 0 aliphatic carbocycles. The Hall–Kier alpha value is -2.58. The van der Waals surface area contributed by atoms with Crippen molar-refractivity contribution in [2.24, 2.45) is 0 Å². The smallest absolute Gasteiger partial charge is 0.337 e. The fourth-order valence-corrected chi connectivity index (χ4v) is 4.28. The van der Waals surface area contributed by atoms with E-state index in [2.05, 4.69) is 10.1 Å². The highest BCUT2D eigenvalue weighted by Gasteiger charge is 2.32. The average molecular weight is 439 g/mol. The van der Waals surface area contributed by atoms with Crippen LogP contribution >= 0.6 is 11.6 Å². The fourth-order valence-electron chi connectivity index (χ4n) is 2.91. The van der Waals surface area contributed by atoms with Crippen LogP contribution in [0.2, 0.25) is 5.02 Å². The minimum absolute atomic E-state index is 0.190. The van der Waals surface area contributed by atoms with Crippen molar-refractivity contribution >= 4 is 44.9 Å². The van der Waals surface area contributed by atoms with Crippen LogP contribution in [0.1, 0.15) is 29.3 Å². The van der Waals surface area contributed by atoms with Gasteiger partial charge >= 0.3 is 5.97 Å². The van der Waals surface area contributed by atoms with Crippen LogP contribution in [0.15, 0.2) is 42.5 Å². The molecule has 0 aliphatic heterocycles. The Morgan fingerprint density at radius 3 is 2.45 bits per heavy atom. The Kier molecular flexibility index (Phi) is 7.26. The molecule has 0 saturated carbocycles. The van der Waals surface area contributed by atoms with Crippen LogP contribution in [0.3, 0.4) is 0 Å². The maximum Gasteiger partial charge on any atom is 0.337 e. The lowest BCUT2D eigenvalue weighted by Gasteiger charge is -2.30. The Bertz CT molecular complexity index is 1020. The average Bonchev–Trinajstić information content (AvgIpc) is 2.65. The molecule has 0 radical (unpaired) electrons. The summed E-state index contributed by atoms with van der Waals surface area (Å²) >= 11 is 6.14. The number of sulfonamides is 1. The number of carbonyl (C=O) groups is 2. The predicted molar refractivity (Wildman–Crippen MR) is 114 cm³/mol. The number of anilines is 2. The van der Waals surface area contributed by atoms with Gasteiger partial charge in [0.1, 0.15) is 6.04 Å². The summed E-state index contributed by atoms with van der Waals surface area (Å²) in [6, 6.07) is 10.2. The van der Waals surface area contributed by atoms with Gasteiger partial charge in [-0.15, -0.1) is 0 Å². The minimum atomic E-state index is -3.75. The summed E-state index contributed by atoms with van der Waals surface area (Å²) in [5, 5.41) is 2.84. The number of nitrogens with one attached hydrogen (secondary N) is 1. The Labute approximate surface area is 175 Å². The van der Waals surface area contributed by atoms with Crippen LogP contribution in [-0.4, -0.2) is 39.7 Å². The number of rotatable bonds is 7. The number of nitrogens with zero attached hydrogens (tertiary/aromatic N) is 1. The number of amides is 1. The first-order valence-corrected chi connectivity index (χ1v) is 11.1. The molecule has 2 rings (SSSR count). The normalized spacial score (nSPS) is 12.2. The summed E-state index contributed by atoms with van der Waals surface area (Å²) in [5.41, 5.74) is 1.65. The zero-order valence-corrected chi connectivity index (χ0v) is 18.2. The molecule has 9 heteroatoms. The third-order valence-electron chi connectivity index (χ3n) is 4.23. The van der Waals surface area contributed by atoms with Gasteiger partial charge in [0.05, 0.1) is 35.3 Å². The van der Waals surface area contributed by atoms with Gasteiger partial charge in [0.2, 0.25) is 15.9 Å². The highest BCUT2D eigenvalue weighted by molar-refractivity contribution is 7.92. The van der Waals surface area contributed by atoms with E-state index < -0.39 is 27.9 Å². The van der Waals surface area contributed by atoms with Gasteiger partial charge in [-0.25, -0.2) is 13.2 Å². The van der Waals surface area contributed by atoms with Crippen molar-refractivity contribution in [2.45, 2.75) is 26.3 Å². The standard InChI is InChI=1S/C20H23ClN2O5S/c1-5-18(23(29(4,26)27)15-8-6-7-13(2)11-15)19(24)22-17-12-14(20(25)28-3)9-10-16(17)21/h6-12,18H,5H2,1-4H3,(H,22,24)/t18-/m1/s1. The second-order valence-corrected chi connectivity index (χ2v) is 8.76. The van der Waals surface area contributed by atoms with Gasteiger partial charge in [0.15, 0.2) is 0 Å². The number of hydrogen-bond donors (Lipinski definition) is 1. The van der Waals surface area contributed by atoms with Gasteiger partial charge in [-0.2, -0.15) is 0 Å². The van der Waals surface area contributed by atoms with Crippen molar-refractivity contribution in [1.82, 2.24) is 0 Å². The molecule has 1 atom stereocenters. The molecule has 2 aromatic carbocycles. The van der Waals surface area contributed by atoms with Gasteiger partial charge in [-0.1, -0.05) is 30.7 Å². The fraction of sp³-hybridized carbons (Fsp3) is 0.300. The van der Waals surface area contributed by atoms with Gasteiger partial charge in [0.25, 0.3) is 0 Å². The topological polar surface area (TPSA) is 92.8 Å². The maximum absolute atomic E-state index is 13.0. The summed E-state index contributed by atoms with van der Waals surface area (Å²) in [6.45, 7) is 3.55. The molecule has 156 valence electrons. The van der Waals surface area contributed by atoms with Crippen LogP contribution in [-0.2, 0) is 19.6 Å². The molecule has 0 heterocycles. The summed E-state index contributed by atoms with van der Waals surface area (Å²) in [5.74, 6) is -1.15. The number of hydrogen-bond acceptors (Lipinski definition) is 5. The van der Waals surface area contributed by atoms with E-state index in [4.69, 9.17) is 11.6 Å². The van der Waals surface area contributed by atoms with Crippen LogP contribution < -0.4 is 9.62 Å². The molecular weight excluding hydrogens is 416 g/mol. The van der Waals surface area contributed by atoms with Gasteiger partial charge < -0.3 is 10.1 Å². The second-order valence-electron chi connectivity index (χ2n) is 6.50. The molecule has 0 aromatic heterocycles. The number of halogens is 1. The zero-order chi connectivity index (χ0) is 21.8. The SMILES string of the molecule is CC[C@H](C(=O)Nc1cc(C(=O)OC)ccc1Cl)N(c1cccc(C)c1)S(C)(=O)=O. The third kappa shape index (κ3) is 5.48. The van der Waals surface area contributed by atoms with Crippen molar-refractivity contribution in [3.63, 3.8) is 0 Å². The molecule has 1 amide bonds. The Morgan fingerprint density at radius 2 is 1.90 bits per heavy atom. The van der Waals surface area contributed by atoms with E-state index >= 15 is 0 Å². The Morgan fingerprint density at radius 1 is 1.21 bits per heavy atom. The maximum atomic E-state index is 13.0. The first kappa shape index (κ1) is 22.7. The number of carbonyl (C=O) groups excluding carboxylic acids is 2. The Balaban J connectivity index is 2.42. The number of ether oxygens (including phenoxy) is 1. The van der Waals surface area contributed by atoms with Crippen molar-refractivity contribution in [1.29, 1.82) is 0 Å². The molecule has 7 nitrogen and oxygen atoms in total. The van der Waals surface area contributed by atoms with Crippen LogP contribution in [0.4, 0.5) is 11.4 Å². The zero-order valence-electron chi connectivity index (χ0n) is 16.6. The molecule has 0 unspecified atom stereocenters. The van der Waals surface area contributed by atoms with Crippen molar-refractivity contribution in [3.05, 3.63) is 58.6 Å². The van der Waals surface area contributed by atoms with E-state index in [-0.39, 0.29) is 22.7 Å². The number of aryl methyl sites for hydroxylation is 1. The molecule has 0 fully saturated rings. The van der Waals surface area contributed by atoms with Crippen LogP contribution in [0, 0.1) is 6.92 Å². The molecule has 0 spiro atoms. The largest absolute Gasteiger partial charge is 0.465 e. The highest BCUT2D eigenvalue weighted by Crippen LogP contribution is 2.27. The summed E-state index contributed by atoms with van der Waals surface area (Å²) in [6.07, 6.45) is 1.28. The quantitative estimate of drug-likeness (QED) is 0.666. The summed E-state index contributed by atoms with van der Waals surface area (Å²) in [7, 11) is -2.51. The predicted octanol–water partition coefficient (Wildman–Crippen LogP) is 3.62. The highest BCUT2D eigenvalue weighted by atomic mass is 35.5. The molecule has 29 heavy (non-hydrogen) atoms. The van der Waals surface area contributed by atoms with Gasteiger partial charge in [0, 0.05) is 0 Å². The van der Waals surface area contributed by atoms with E-state index in [9.17, 15) is 18.0 Å². The minimum Gasteiger partial charge on any atom is -0.465 e. The monoisotopic (exact) mass is 438 g/mol. The van der Waals surface area contributed by atoms with Gasteiger partial charge in [-0.3, -0.25) is 9.10 Å². The van der Waals surface area contributed by atoms with E-state index in [1.165, 1.54) is 25.3 Å². The molecule has 0 bridgehead atoms. The van der Waals surface area contributed by atoms with E-state index in [0.717, 1.165) is 16.1 Å². The third-order valence-corrected chi connectivity index (χ3v) is 5.74. The van der Waals surface area contributed by atoms with E-state index in [1.807, 2.05) is 13.0 Å². The molecule has 1 N–H and O–H groups in total. The van der Waals surface area contributed by atoms with Gasteiger partial charge in [-0.05, 0) is 49.2 Å². The number of esters is 1.